The number of methoxy groups -OCH3 is 1. The van der Waals surface area contributed by atoms with Crippen molar-refractivity contribution in [3.8, 4) is 0 Å². The molecule has 1 aliphatic rings. The number of anilines is 1. The summed E-state index contributed by atoms with van der Waals surface area (Å²) in [4.78, 5) is 39.3. The van der Waals surface area contributed by atoms with Gasteiger partial charge >= 0.3 is 5.97 Å². The third-order valence-electron chi connectivity index (χ3n) is 5.81. The standard InChI is InChI=1S/C25H20Cl2N2O6S/c1-35-25(32)15-9-11-17(12-10-15)28(36(33)34)14-18(13-16-5-4-8-21(26)22(16)27)29-23(30)19-6-2-3-7-20(19)24(29)31/h2-12,18H,13-14H2,1H3,(H,33,34)/p-1. The van der Waals surface area contributed by atoms with E-state index < -0.39 is 35.1 Å². The lowest BCUT2D eigenvalue weighted by atomic mass is 10.0. The van der Waals surface area contributed by atoms with Gasteiger partial charge in [-0.05, 0) is 54.4 Å². The SMILES string of the molecule is COC(=O)c1ccc(N(CC(Cc2cccc(Cl)c2Cl)N2C(=O)c3ccccc3C2=O)S(=O)[O-])cc1. The van der Waals surface area contributed by atoms with Crippen LogP contribution in [0.4, 0.5) is 5.69 Å². The fourth-order valence-corrected chi connectivity index (χ4v) is 5.05. The van der Waals surface area contributed by atoms with Crippen molar-refractivity contribution >= 4 is 57.9 Å². The molecule has 8 nitrogen and oxygen atoms in total. The zero-order valence-electron chi connectivity index (χ0n) is 18.9. The average molecular weight is 546 g/mol. The largest absolute Gasteiger partial charge is 0.755 e. The second-order valence-electron chi connectivity index (χ2n) is 7.91. The molecule has 3 aromatic rings. The first kappa shape index (κ1) is 25.8. The van der Waals surface area contributed by atoms with Gasteiger partial charge in [-0.2, -0.15) is 0 Å². The molecule has 3 aromatic carbocycles. The Kier molecular flexibility index (Phi) is 7.75. The van der Waals surface area contributed by atoms with Crippen molar-refractivity contribution in [1.29, 1.82) is 0 Å². The van der Waals surface area contributed by atoms with Gasteiger partial charge in [-0.3, -0.25) is 18.7 Å². The first-order chi connectivity index (χ1) is 17.2. The first-order valence-electron chi connectivity index (χ1n) is 10.7. The molecule has 2 amide bonds. The molecule has 0 saturated heterocycles. The highest BCUT2D eigenvalue weighted by Gasteiger charge is 2.40. The molecule has 0 spiro atoms. The summed E-state index contributed by atoms with van der Waals surface area (Å²) in [5.41, 5.74) is 1.49. The van der Waals surface area contributed by atoms with E-state index in [0.29, 0.717) is 5.56 Å². The van der Waals surface area contributed by atoms with Crippen LogP contribution in [0.2, 0.25) is 10.0 Å². The van der Waals surface area contributed by atoms with Crippen LogP contribution in [0.3, 0.4) is 0 Å². The molecular formula is C25H19Cl2N2O6S-. The second kappa shape index (κ2) is 10.8. The Labute approximate surface area is 219 Å². The van der Waals surface area contributed by atoms with Crippen LogP contribution in [-0.4, -0.2) is 51.1 Å². The molecule has 1 heterocycles. The van der Waals surface area contributed by atoms with Crippen LogP contribution in [0, 0.1) is 0 Å². The Morgan fingerprint density at radius 1 is 1.00 bits per heavy atom. The predicted octanol–water partition coefficient (Wildman–Crippen LogP) is 4.29. The van der Waals surface area contributed by atoms with Crippen molar-refractivity contribution in [3.05, 3.63) is 99.0 Å². The second-order valence-corrected chi connectivity index (χ2v) is 9.57. The minimum absolute atomic E-state index is 0.0544. The van der Waals surface area contributed by atoms with Gasteiger partial charge in [0.15, 0.2) is 0 Å². The number of hydrogen-bond acceptors (Lipinski definition) is 6. The van der Waals surface area contributed by atoms with E-state index >= 15 is 0 Å². The van der Waals surface area contributed by atoms with Gasteiger partial charge in [0, 0.05) is 17.0 Å². The first-order valence-corrected chi connectivity index (χ1v) is 12.5. The summed E-state index contributed by atoms with van der Waals surface area (Å²) in [7, 11) is 1.24. The molecule has 0 saturated carbocycles. The number of imide groups is 1. The number of carbonyl (C=O) groups excluding carboxylic acids is 3. The smallest absolute Gasteiger partial charge is 0.337 e. The van der Waals surface area contributed by atoms with Crippen LogP contribution in [0.5, 0.6) is 0 Å². The summed E-state index contributed by atoms with van der Waals surface area (Å²) in [6.07, 6.45) is 0.0544. The van der Waals surface area contributed by atoms with Gasteiger partial charge in [-0.25, -0.2) is 4.79 Å². The van der Waals surface area contributed by atoms with E-state index in [2.05, 4.69) is 4.74 Å². The number of nitrogens with zero attached hydrogens (tertiary/aromatic N) is 2. The van der Waals surface area contributed by atoms with Gasteiger partial charge in [0.25, 0.3) is 11.8 Å². The van der Waals surface area contributed by atoms with Crippen LogP contribution < -0.4 is 4.31 Å². The predicted molar refractivity (Wildman–Crippen MR) is 135 cm³/mol. The van der Waals surface area contributed by atoms with Gasteiger partial charge < -0.3 is 13.6 Å². The quantitative estimate of drug-likeness (QED) is 0.237. The molecule has 1 aliphatic heterocycles. The zero-order valence-corrected chi connectivity index (χ0v) is 21.2. The lowest BCUT2D eigenvalue weighted by Gasteiger charge is -2.34. The van der Waals surface area contributed by atoms with E-state index in [4.69, 9.17) is 23.2 Å². The van der Waals surface area contributed by atoms with Crippen molar-refractivity contribution in [1.82, 2.24) is 4.90 Å². The fraction of sp³-hybridized carbons (Fsp3) is 0.160. The highest BCUT2D eigenvalue weighted by molar-refractivity contribution is 7.80. The molecule has 2 unspecified atom stereocenters. The van der Waals surface area contributed by atoms with E-state index in [1.165, 1.54) is 31.4 Å². The van der Waals surface area contributed by atoms with Crippen LogP contribution >= 0.6 is 23.2 Å². The van der Waals surface area contributed by atoms with Crippen molar-refractivity contribution in [2.75, 3.05) is 18.0 Å². The number of amides is 2. The molecule has 186 valence electrons. The lowest BCUT2D eigenvalue weighted by molar-refractivity contribution is 0.0581. The molecule has 36 heavy (non-hydrogen) atoms. The van der Waals surface area contributed by atoms with Crippen molar-refractivity contribution < 1.29 is 27.9 Å². The molecular weight excluding hydrogens is 527 g/mol. The molecule has 0 aliphatic carbocycles. The summed E-state index contributed by atoms with van der Waals surface area (Å²) in [6, 6.07) is 16.2. The molecule has 0 fully saturated rings. The number of ether oxygens (including phenoxy) is 1. The van der Waals surface area contributed by atoms with Crippen molar-refractivity contribution in [3.63, 3.8) is 0 Å². The average Bonchev–Trinajstić information content (AvgIpc) is 3.13. The number of hydrogen-bond donors (Lipinski definition) is 0. The third-order valence-corrected chi connectivity index (χ3v) is 7.39. The number of halogens is 2. The minimum atomic E-state index is -2.78. The van der Waals surface area contributed by atoms with Gasteiger partial charge in [-0.1, -0.05) is 47.5 Å². The van der Waals surface area contributed by atoms with Gasteiger partial charge in [0.2, 0.25) is 0 Å². The Morgan fingerprint density at radius 3 is 2.17 bits per heavy atom. The van der Waals surface area contributed by atoms with E-state index in [1.807, 2.05) is 0 Å². The van der Waals surface area contributed by atoms with E-state index in [1.54, 1.807) is 42.5 Å². The summed E-state index contributed by atoms with van der Waals surface area (Å²) in [6.45, 7) is -0.262. The number of benzene rings is 3. The summed E-state index contributed by atoms with van der Waals surface area (Å²) < 4.78 is 30.2. The molecule has 0 aromatic heterocycles. The molecule has 0 N–H and O–H groups in total. The highest BCUT2D eigenvalue weighted by Crippen LogP contribution is 2.31. The van der Waals surface area contributed by atoms with Crippen LogP contribution in [-0.2, 0) is 22.4 Å². The maximum absolute atomic E-state index is 13.3. The van der Waals surface area contributed by atoms with Crippen LogP contribution in [0.1, 0.15) is 36.6 Å². The normalized spacial score (nSPS) is 14.4. The molecule has 0 bridgehead atoms. The Bertz CT molecular complexity index is 1330. The number of rotatable bonds is 8. The minimum Gasteiger partial charge on any atom is -0.755 e. The molecule has 4 rings (SSSR count). The zero-order chi connectivity index (χ0) is 26.0. The highest BCUT2D eigenvalue weighted by atomic mass is 35.5. The van der Waals surface area contributed by atoms with Crippen molar-refractivity contribution in [2.45, 2.75) is 12.5 Å². The Balaban J connectivity index is 1.73. The monoisotopic (exact) mass is 545 g/mol. The summed E-state index contributed by atoms with van der Waals surface area (Å²) >= 11 is 9.77. The van der Waals surface area contributed by atoms with Gasteiger partial charge in [-0.15, -0.1) is 0 Å². The summed E-state index contributed by atoms with van der Waals surface area (Å²) in [5, 5.41) is 0.538. The van der Waals surface area contributed by atoms with Crippen LogP contribution in [0.25, 0.3) is 0 Å². The lowest BCUT2D eigenvalue weighted by Crippen LogP contribution is -2.48. The Morgan fingerprint density at radius 2 is 1.61 bits per heavy atom. The van der Waals surface area contributed by atoms with Crippen molar-refractivity contribution in [2.24, 2.45) is 0 Å². The number of carbonyl (C=O) groups is 3. The molecule has 11 heteroatoms. The van der Waals surface area contributed by atoms with Crippen LogP contribution in [0.15, 0.2) is 66.7 Å². The fourth-order valence-electron chi connectivity index (χ4n) is 4.06. The number of fused-ring (bicyclic) bond motifs is 1. The summed E-state index contributed by atoms with van der Waals surface area (Å²) in [5.74, 6) is -1.64. The Hall–Kier alpha value is -3.24. The number of esters is 1. The van der Waals surface area contributed by atoms with E-state index in [-0.39, 0.29) is 45.4 Å². The van der Waals surface area contributed by atoms with Gasteiger partial charge in [0.1, 0.15) is 0 Å². The molecule has 2 atom stereocenters. The maximum Gasteiger partial charge on any atom is 0.337 e. The van der Waals surface area contributed by atoms with E-state index in [9.17, 15) is 23.1 Å². The van der Waals surface area contributed by atoms with Gasteiger partial charge in [0.05, 0.1) is 46.4 Å². The third kappa shape index (κ3) is 5.01. The van der Waals surface area contributed by atoms with E-state index in [0.717, 1.165) is 9.21 Å². The topological polar surface area (TPSA) is 107 Å². The maximum atomic E-state index is 13.3. The molecule has 0 radical (unpaired) electrons.